The van der Waals surface area contributed by atoms with Crippen LogP contribution in [-0.2, 0) is 27.5 Å². The maximum absolute atomic E-state index is 13.2. The number of hydrogen-bond donors (Lipinski definition) is 1. The predicted octanol–water partition coefficient (Wildman–Crippen LogP) is 4.08. The molecule has 3 heterocycles. The quantitative estimate of drug-likeness (QED) is 0.493. The van der Waals surface area contributed by atoms with Crippen molar-refractivity contribution in [2.45, 2.75) is 43.4 Å². The first kappa shape index (κ1) is 25.7. The number of benzene rings is 1. The van der Waals surface area contributed by atoms with Crippen molar-refractivity contribution in [3.8, 4) is 11.3 Å². The third-order valence-corrected chi connectivity index (χ3v) is 7.69. The number of pyridine rings is 2. The van der Waals surface area contributed by atoms with Crippen LogP contribution in [0.2, 0.25) is 0 Å². The minimum absolute atomic E-state index is 0.0188. The van der Waals surface area contributed by atoms with E-state index in [2.05, 4.69) is 15.3 Å². The van der Waals surface area contributed by atoms with Gasteiger partial charge in [-0.15, -0.1) is 0 Å². The zero-order valence-corrected chi connectivity index (χ0v) is 19.9. The molecule has 1 N–H and O–H groups in total. The summed E-state index contributed by atoms with van der Waals surface area (Å²) in [6, 6.07) is 8.94. The molecule has 0 aliphatic carbocycles. The Kier molecular flexibility index (Phi) is 7.10. The van der Waals surface area contributed by atoms with Gasteiger partial charge in [-0.3, -0.25) is 14.8 Å². The summed E-state index contributed by atoms with van der Waals surface area (Å²) in [4.78, 5) is 21.1. The summed E-state index contributed by atoms with van der Waals surface area (Å²) in [5.74, 6) is -1.07. The SMILES string of the molecule is Cc1cc(-c2ccc(C(F)(F)F)cn2)cc(CNC(=O)C2CCCN2S(=O)(=O)c2ccc(F)cc2)n1. The molecule has 12 heteroatoms. The van der Waals surface area contributed by atoms with E-state index in [1.54, 1.807) is 19.1 Å². The molecule has 7 nitrogen and oxygen atoms in total. The zero-order valence-electron chi connectivity index (χ0n) is 19.1. The summed E-state index contributed by atoms with van der Waals surface area (Å²) < 4.78 is 78.8. The fourth-order valence-corrected chi connectivity index (χ4v) is 5.69. The smallest absolute Gasteiger partial charge is 0.349 e. The summed E-state index contributed by atoms with van der Waals surface area (Å²) in [5, 5.41) is 2.70. The van der Waals surface area contributed by atoms with Crippen molar-refractivity contribution in [1.29, 1.82) is 0 Å². The zero-order chi connectivity index (χ0) is 26.1. The number of nitrogens with zero attached hydrogens (tertiary/aromatic N) is 3. The van der Waals surface area contributed by atoms with Crippen LogP contribution in [-0.4, -0.2) is 41.2 Å². The van der Waals surface area contributed by atoms with Gasteiger partial charge in [-0.1, -0.05) is 0 Å². The Labute approximate surface area is 205 Å². The van der Waals surface area contributed by atoms with E-state index >= 15 is 0 Å². The molecule has 4 rings (SSSR count). The van der Waals surface area contributed by atoms with Gasteiger partial charge in [0.05, 0.1) is 28.4 Å². The molecule has 0 saturated carbocycles. The topological polar surface area (TPSA) is 92.3 Å². The summed E-state index contributed by atoms with van der Waals surface area (Å²) in [6.45, 7) is 1.84. The molecule has 1 saturated heterocycles. The predicted molar refractivity (Wildman–Crippen MR) is 122 cm³/mol. The Morgan fingerprint density at radius 2 is 1.86 bits per heavy atom. The molecule has 190 valence electrons. The van der Waals surface area contributed by atoms with Crippen molar-refractivity contribution in [3.63, 3.8) is 0 Å². The average molecular weight is 523 g/mol. The molecule has 1 aromatic carbocycles. The molecule has 0 spiro atoms. The minimum atomic E-state index is -4.49. The van der Waals surface area contributed by atoms with Crippen molar-refractivity contribution in [1.82, 2.24) is 19.6 Å². The van der Waals surface area contributed by atoms with E-state index in [1.165, 1.54) is 6.07 Å². The molecule has 1 atom stereocenters. The third kappa shape index (κ3) is 5.54. The second kappa shape index (κ2) is 9.94. The first-order valence-electron chi connectivity index (χ1n) is 11.0. The third-order valence-electron chi connectivity index (χ3n) is 5.76. The molecule has 2 aromatic heterocycles. The number of nitrogens with one attached hydrogen (secondary N) is 1. The lowest BCUT2D eigenvalue weighted by atomic mass is 10.1. The van der Waals surface area contributed by atoms with Gasteiger partial charge in [0, 0.05) is 24.0 Å². The number of sulfonamides is 1. The van der Waals surface area contributed by atoms with Crippen molar-refractivity contribution in [2.75, 3.05) is 6.54 Å². The number of aryl methyl sites for hydroxylation is 1. The summed E-state index contributed by atoms with van der Waals surface area (Å²) >= 11 is 0. The fourth-order valence-electron chi connectivity index (χ4n) is 4.04. The van der Waals surface area contributed by atoms with Gasteiger partial charge in [-0.05, 0) is 68.3 Å². The molecule has 36 heavy (non-hydrogen) atoms. The van der Waals surface area contributed by atoms with E-state index in [9.17, 15) is 30.8 Å². The average Bonchev–Trinajstić information content (AvgIpc) is 3.33. The van der Waals surface area contributed by atoms with Crippen molar-refractivity contribution in [2.24, 2.45) is 0 Å². The van der Waals surface area contributed by atoms with Gasteiger partial charge in [0.25, 0.3) is 0 Å². The molecule has 0 bridgehead atoms. The van der Waals surface area contributed by atoms with Gasteiger partial charge >= 0.3 is 6.18 Å². The van der Waals surface area contributed by atoms with Crippen LogP contribution in [0.4, 0.5) is 17.6 Å². The number of rotatable bonds is 6. The van der Waals surface area contributed by atoms with E-state index in [0.29, 0.717) is 35.5 Å². The Bertz CT molecular complexity index is 1360. The van der Waals surface area contributed by atoms with E-state index in [-0.39, 0.29) is 18.0 Å². The molecule has 1 unspecified atom stereocenters. The van der Waals surface area contributed by atoms with Crippen LogP contribution >= 0.6 is 0 Å². The van der Waals surface area contributed by atoms with Crippen LogP contribution < -0.4 is 5.32 Å². The first-order valence-corrected chi connectivity index (χ1v) is 12.5. The highest BCUT2D eigenvalue weighted by atomic mass is 32.2. The Morgan fingerprint density at radius 1 is 1.14 bits per heavy atom. The highest BCUT2D eigenvalue weighted by molar-refractivity contribution is 7.89. The highest BCUT2D eigenvalue weighted by Gasteiger charge is 2.39. The van der Waals surface area contributed by atoms with E-state index in [0.717, 1.165) is 40.8 Å². The number of aromatic nitrogens is 2. The minimum Gasteiger partial charge on any atom is -0.349 e. The fraction of sp³-hybridized carbons (Fsp3) is 0.292. The molecular formula is C24H22F4N4O3S. The van der Waals surface area contributed by atoms with Gasteiger partial charge in [-0.2, -0.15) is 17.5 Å². The molecule has 1 amide bonds. The summed E-state index contributed by atoms with van der Waals surface area (Å²) in [7, 11) is -3.99. The largest absolute Gasteiger partial charge is 0.417 e. The number of halogens is 4. The lowest BCUT2D eigenvalue weighted by molar-refractivity contribution is -0.137. The number of hydrogen-bond acceptors (Lipinski definition) is 5. The first-order chi connectivity index (χ1) is 16.9. The van der Waals surface area contributed by atoms with Gasteiger partial charge in [0.15, 0.2) is 0 Å². The Hall–Kier alpha value is -3.38. The molecule has 3 aromatic rings. The standard InChI is InChI=1S/C24H22F4N4O3S/c1-15-11-16(21-9-4-17(13-29-21)24(26,27)28)12-19(31-15)14-30-23(33)22-3-2-10-32(22)36(34,35)20-7-5-18(25)6-8-20/h4-9,11-13,22H,2-3,10,14H2,1H3,(H,30,33). The van der Waals surface area contributed by atoms with Gasteiger partial charge < -0.3 is 5.32 Å². The van der Waals surface area contributed by atoms with Crippen molar-refractivity contribution >= 4 is 15.9 Å². The van der Waals surface area contributed by atoms with Gasteiger partial charge in [0.2, 0.25) is 15.9 Å². The lowest BCUT2D eigenvalue weighted by Gasteiger charge is -2.23. The number of amides is 1. The van der Waals surface area contributed by atoms with Crippen LogP contribution in [0.3, 0.4) is 0 Å². The summed E-state index contributed by atoms with van der Waals surface area (Å²) in [6.07, 6.45) is -2.92. The molecule has 1 aliphatic heterocycles. The van der Waals surface area contributed by atoms with Crippen molar-refractivity contribution < 1.29 is 30.8 Å². The van der Waals surface area contributed by atoms with Crippen LogP contribution in [0.15, 0.2) is 59.6 Å². The number of alkyl halides is 3. The van der Waals surface area contributed by atoms with Crippen LogP contribution in [0.5, 0.6) is 0 Å². The maximum atomic E-state index is 13.2. The van der Waals surface area contributed by atoms with Crippen LogP contribution in [0, 0.1) is 12.7 Å². The normalized spacial score (nSPS) is 16.8. The molecule has 1 fully saturated rings. The van der Waals surface area contributed by atoms with Gasteiger partial charge in [-0.25, -0.2) is 12.8 Å². The number of carbonyl (C=O) groups is 1. The van der Waals surface area contributed by atoms with E-state index < -0.39 is 39.5 Å². The summed E-state index contributed by atoms with van der Waals surface area (Å²) in [5.41, 5.74) is 0.988. The number of carbonyl (C=O) groups excluding carboxylic acids is 1. The second-order valence-corrected chi connectivity index (χ2v) is 10.3. The maximum Gasteiger partial charge on any atom is 0.417 e. The second-order valence-electron chi connectivity index (χ2n) is 8.36. The Balaban J connectivity index is 1.48. The van der Waals surface area contributed by atoms with Gasteiger partial charge in [0.1, 0.15) is 11.9 Å². The van der Waals surface area contributed by atoms with Crippen LogP contribution in [0.25, 0.3) is 11.3 Å². The molecular weight excluding hydrogens is 500 g/mol. The highest BCUT2D eigenvalue weighted by Crippen LogP contribution is 2.30. The molecule has 1 aliphatic rings. The monoisotopic (exact) mass is 522 g/mol. The van der Waals surface area contributed by atoms with E-state index in [1.807, 2.05) is 0 Å². The van der Waals surface area contributed by atoms with Crippen LogP contribution in [0.1, 0.15) is 29.8 Å². The lowest BCUT2D eigenvalue weighted by Crippen LogP contribution is -2.45. The molecule has 0 radical (unpaired) electrons. The van der Waals surface area contributed by atoms with E-state index in [4.69, 9.17) is 0 Å². The van der Waals surface area contributed by atoms with Crippen molar-refractivity contribution in [3.05, 3.63) is 77.5 Å². The Morgan fingerprint density at radius 3 is 2.50 bits per heavy atom.